The first-order chi connectivity index (χ1) is 53.6. The van der Waals surface area contributed by atoms with Crippen molar-refractivity contribution >= 4 is 17.3 Å². The number of hydrogen-bond donors (Lipinski definition) is 1. The molecule has 28 heteroatoms. The highest BCUT2D eigenvalue weighted by Gasteiger charge is 2.63. The lowest BCUT2D eigenvalue weighted by Gasteiger charge is -2.52. The molecular formula is C88H127N23O5. The second-order valence-corrected chi connectivity index (χ2v) is 37.3. The van der Waals surface area contributed by atoms with Gasteiger partial charge in [0, 0.05) is 137 Å². The number of aromatic nitrogens is 21. The second kappa shape index (κ2) is 30.7. The zero-order valence-corrected chi connectivity index (χ0v) is 70.9. The molecule has 0 aromatic carbocycles. The number of fused-ring (bicyclic) bond motifs is 13. The summed E-state index contributed by atoms with van der Waals surface area (Å²) >= 11 is 0. The SMILES string of the molecule is C.C.C.CC(C)n1cnc(-c2c3c(nn2C)[C@@]2(C)C/C(=C/O)C(=O)C(C)(C)[C@@H]2CC3)n1.CC(C)n1cnc(-c2c3c(nn2C)[C@@]2(C)Cc4cnoc4C(C)(C)[C@@H]2CC3)n1.[3H]C.[C-]#[N+]C1=C[C@]2(C)c3nn(C)c(-c4ncn(C(C)C)n4)c3CC[C@H]2C(C)(C)C1=O.[C-]#[N+]C1C[C@]2(C)c3nn(C)c(-c4ncn(C(C)C)n4)c3CC[C@H]2C(C)(C)C1=O. The minimum Gasteiger partial charge on any atom is -0.515 e. The lowest BCUT2D eigenvalue weighted by Crippen LogP contribution is -2.56. The highest BCUT2D eigenvalue weighted by atomic mass is 16.5. The monoisotopic (exact) mass is 1590 g/mol. The van der Waals surface area contributed by atoms with Crippen LogP contribution in [0.1, 0.15) is 289 Å². The van der Waals surface area contributed by atoms with Crippen LogP contribution < -0.4 is 0 Å². The van der Waals surface area contributed by atoms with Crippen molar-refractivity contribution in [1.29, 1.82) is 0 Å². The van der Waals surface area contributed by atoms with E-state index < -0.39 is 27.7 Å². The average Bonchev–Trinajstić information content (AvgIpc) is 1.65. The van der Waals surface area contributed by atoms with Crippen LogP contribution in [0.15, 0.2) is 59.6 Å². The predicted molar refractivity (Wildman–Crippen MR) is 449 cm³/mol. The van der Waals surface area contributed by atoms with Crippen LogP contribution in [0, 0.1) is 53.1 Å². The molecule has 0 aliphatic heterocycles. The molecule has 9 atom stereocenters. The second-order valence-electron chi connectivity index (χ2n) is 37.3. The van der Waals surface area contributed by atoms with Crippen LogP contribution in [-0.2, 0) is 102 Å². The summed E-state index contributed by atoms with van der Waals surface area (Å²) in [5.41, 5.74) is 12.0. The molecule has 17 rings (SSSR count). The number of hydrogen-bond acceptors (Lipinski definition) is 18. The van der Waals surface area contributed by atoms with Crippen molar-refractivity contribution in [3.8, 4) is 46.1 Å². The summed E-state index contributed by atoms with van der Waals surface area (Å²) in [5.74, 6) is 4.88. The van der Waals surface area contributed by atoms with E-state index in [1.165, 1.54) is 35.4 Å². The van der Waals surface area contributed by atoms with E-state index >= 15 is 0 Å². The first-order valence-electron chi connectivity index (χ1n) is 40.9. The van der Waals surface area contributed by atoms with Gasteiger partial charge in [-0.25, -0.2) is 50.1 Å². The van der Waals surface area contributed by atoms with Crippen molar-refractivity contribution in [2.75, 3.05) is 0 Å². The van der Waals surface area contributed by atoms with Gasteiger partial charge < -0.3 is 19.3 Å². The van der Waals surface area contributed by atoms with Crippen LogP contribution in [0.2, 0.25) is 0 Å². The van der Waals surface area contributed by atoms with E-state index in [0.717, 1.165) is 121 Å². The number of Topliss-reactive ketones (excluding diaryl/α,β-unsaturated/α-hetero) is 3. The van der Waals surface area contributed by atoms with Gasteiger partial charge in [-0.2, -0.15) is 20.4 Å². The number of allylic oxidation sites excluding steroid dienone is 3. The molecule has 8 aliphatic carbocycles. The number of aryl methyl sites for hydroxylation is 4. The third kappa shape index (κ3) is 13.5. The molecule has 28 nitrogen and oxygen atoms in total. The van der Waals surface area contributed by atoms with Crippen molar-refractivity contribution in [1.82, 2.24) is 103 Å². The van der Waals surface area contributed by atoms with Gasteiger partial charge in [-0.1, -0.05) is 124 Å². The molecule has 1 unspecified atom stereocenters. The highest BCUT2D eigenvalue weighted by molar-refractivity contribution is 6.03. The molecule has 116 heavy (non-hydrogen) atoms. The number of carbonyl (C=O) groups excluding carboxylic acids is 3. The number of aliphatic hydroxyl groups is 1. The number of carbonyl (C=O) groups is 3. The molecule has 0 amide bonds. The first kappa shape index (κ1) is 86.7. The largest absolute Gasteiger partial charge is 0.515 e. The number of ketones is 3. The van der Waals surface area contributed by atoms with Gasteiger partial charge in [-0.05, 0) is 143 Å². The Kier molecular flexibility index (Phi) is 23.0. The Morgan fingerprint density at radius 1 is 0.483 bits per heavy atom. The molecule has 0 saturated heterocycles. The van der Waals surface area contributed by atoms with Crippen LogP contribution in [0.25, 0.3) is 55.8 Å². The Hall–Kier alpha value is -10.1. The molecule has 9 aromatic rings. The number of nitrogens with zero attached hydrogens (tertiary/aromatic N) is 23. The van der Waals surface area contributed by atoms with E-state index in [0.29, 0.717) is 47.8 Å². The van der Waals surface area contributed by atoms with E-state index in [1.807, 2.05) is 126 Å². The lowest BCUT2D eigenvalue weighted by atomic mass is 9.50. The number of aliphatic hydroxyl groups excluding tert-OH is 1. The van der Waals surface area contributed by atoms with Gasteiger partial charge in [0.2, 0.25) is 11.5 Å². The van der Waals surface area contributed by atoms with E-state index in [9.17, 15) is 19.5 Å². The van der Waals surface area contributed by atoms with Crippen LogP contribution in [0.3, 0.4) is 0 Å². The maximum absolute atomic E-state index is 12.9. The maximum Gasteiger partial charge on any atom is 0.282 e. The minimum absolute atomic E-state index is 0. The van der Waals surface area contributed by atoms with Gasteiger partial charge in [-0.15, -0.1) is 20.4 Å². The molecule has 2 saturated carbocycles. The maximum atomic E-state index is 12.9. The zero-order chi connectivity index (χ0) is 83.1. The van der Waals surface area contributed by atoms with Crippen molar-refractivity contribution in [3.63, 3.8) is 0 Å². The van der Waals surface area contributed by atoms with Crippen molar-refractivity contribution in [2.24, 2.45) is 68.1 Å². The molecule has 1 N–H and O–H groups in total. The van der Waals surface area contributed by atoms with Crippen molar-refractivity contribution < 1.29 is 25.4 Å². The standard InChI is InChI=1S/2C21H28N6O.C21H26N6O.C21H29N5O2.4CH4/c1-12(2)27-11-22-19(25-27)16-14-7-8-15-20(3,4)18-13(10-23-28-18)9-21(15,5)17(14)24-26(16)6;2*1-12(2)27-11-23-19(25-27)16-13-8-9-15-20(3,4)18(28)14(22-6)10-21(15,5)17(13)24-26(16)7;1-12(2)26-11-22-19(24-26)16-14-7-8-15-20(3,4)18(28)13(10-27)9-21(15,5)17(14)23-25(16)6;;;;/h10-12,15H,7-9H2,1-6H3;11-12,14-15H,8-10H2,1-5,7H3;10-12,15H,8-9H2,1-5,7H3;10-12,15,27H,7-9H2,1-6H3;4*1H4/b;;;13-10-;;;;/t15-,21-;14?,15-,21-;2*15-,21-;;;;/m0000..../s1/i;;;;1T;;;. The Balaban J connectivity index is 0.000000162. The molecule has 9 heterocycles. The summed E-state index contributed by atoms with van der Waals surface area (Å²) in [6, 6.07) is 0.428. The first-order valence-corrected chi connectivity index (χ1v) is 39.9. The van der Waals surface area contributed by atoms with Crippen LogP contribution in [0.4, 0.5) is 0 Å². The van der Waals surface area contributed by atoms with Gasteiger partial charge in [-0.3, -0.25) is 28.3 Å². The molecule has 0 radical (unpaired) electrons. The topological polar surface area (TPSA) is 300 Å². The van der Waals surface area contributed by atoms with Crippen LogP contribution in [-0.4, -0.2) is 132 Å². The predicted octanol–water partition coefficient (Wildman–Crippen LogP) is 16.5. The fraction of sp³-hybridized carbons (Fsp3) is 0.636. The summed E-state index contributed by atoms with van der Waals surface area (Å²) < 4.78 is 26.5. The molecule has 624 valence electrons. The third-order valence-electron chi connectivity index (χ3n) is 27.4. The highest BCUT2D eigenvalue weighted by Crippen LogP contribution is 2.62. The van der Waals surface area contributed by atoms with Gasteiger partial charge in [0.1, 0.15) is 53.8 Å². The summed E-state index contributed by atoms with van der Waals surface area (Å²) in [7, 11) is 9.05. The van der Waals surface area contributed by atoms with Crippen LogP contribution in [0.5, 0.6) is 0 Å². The van der Waals surface area contributed by atoms with Gasteiger partial charge in [0.05, 0.1) is 41.8 Å². The Bertz CT molecular complexity index is 5400. The normalized spacial score (nSPS) is 26.1. The minimum atomic E-state index is -0.592. The quantitative estimate of drug-likeness (QED) is 0.0839. The smallest absolute Gasteiger partial charge is 0.282 e. The number of rotatable bonds is 8. The summed E-state index contributed by atoms with van der Waals surface area (Å²) in [5, 5.41) is 52.2. The molecule has 2 fully saturated rings. The average molecular weight is 1590 g/mol. The van der Waals surface area contributed by atoms with E-state index in [-0.39, 0.29) is 103 Å². The fourth-order valence-electron chi connectivity index (χ4n) is 21.9. The Morgan fingerprint density at radius 2 is 0.828 bits per heavy atom. The van der Waals surface area contributed by atoms with Gasteiger partial charge in [0.15, 0.2) is 34.9 Å². The molecule has 0 spiro atoms. The Labute approximate surface area is 687 Å². The fourth-order valence-corrected chi connectivity index (χ4v) is 21.9. The molecule has 8 aliphatic rings. The molecular weight excluding hydrogens is 1460 g/mol. The molecule has 9 aromatic heterocycles. The summed E-state index contributed by atoms with van der Waals surface area (Å²) in [6.07, 6.45) is 21.1. The van der Waals surface area contributed by atoms with Gasteiger partial charge in [0.25, 0.3) is 6.04 Å². The van der Waals surface area contributed by atoms with Crippen molar-refractivity contribution in [2.45, 2.75) is 296 Å². The van der Waals surface area contributed by atoms with Crippen LogP contribution >= 0.6 is 0 Å². The lowest BCUT2D eigenvalue weighted by molar-refractivity contribution is -0.137. The van der Waals surface area contributed by atoms with Crippen molar-refractivity contribution in [3.05, 3.63) is 134 Å². The van der Waals surface area contributed by atoms with E-state index in [2.05, 4.69) is 147 Å². The van der Waals surface area contributed by atoms with E-state index in [4.69, 9.17) is 44.5 Å². The molecule has 0 bridgehead atoms. The van der Waals surface area contributed by atoms with Gasteiger partial charge >= 0.3 is 0 Å². The summed E-state index contributed by atoms with van der Waals surface area (Å²) in [6.45, 7) is 57.1. The zero-order valence-electron chi connectivity index (χ0n) is 71.9. The Morgan fingerprint density at radius 3 is 1.20 bits per heavy atom. The summed E-state index contributed by atoms with van der Waals surface area (Å²) in [4.78, 5) is 64.0. The van der Waals surface area contributed by atoms with E-state index in [1.54, 1.807) is 19.0 Å². The third-order valence-corrected chi connectivity index (χ3v) is 27.4.